The summed E-state index contributed by atoms with van der Waals surface area (Å²) in [5, 5.41) is 5.40. The largest absolute Gasteiger partial charge is 0.468 e. The quantitative estimate of drug-likeness (QED) is 0.457. The molecule has 1 aromatic heterocycles. The van der Waals surface area contributed by atoms with Gasteiger partial charge in [-0.25, -0.2) is 19.0 Å². The first-order chi connectivity index (χ1) is 20.4. The summed E-state index contributed by atoms with van der Waals surface area (Å²) in [4.78, 5) is 54.0. The van der Waals surface area contributed by atoms with Crippen LogP contribution < -0.4 is 5.32 Å². The van der Waals surface area contributed by atoms with Gasteiger partial charge in [0, 0.05) is 61.6 Å². The zero-order valence-electron chi connectivity index (χ0n) is 25.0. The van der Waals surface area contributed by atoms with Gasteiger partial charge in [-0.05, 0) is 33.8 Å². The zero-order chi connectivity index (χ0) is 31.5. The van der Waals surface area contributed by atoms with Crippen molar-refractivity contribution >= 4 is 46.7 Å². The molecule has 4 rings (SSSR count). The van der Waals surface area contributed by atoms with E-state index in [-0.39, 0.29) is 41.9 Å². The van der Waals surface area contributed by atoms with E-state index in [9.17, 15) is 18.8 Å². The molecule has 2 aromatic rings. The van der Waals surface area contributed by atoms with Gasteiger partial charge in [0.15, 0.2) is 10.8 Å². The molecule has 0 saturated carbocycles. The molecule has 1 N–H and O–H groups in total. The number of ether oxygens (including phenoxy) is 2. The van der Waals surface area contributed by atoms with E-state index in [1.807, 2.05) is 25.7 Å². The first kappa shape index (κ1) is 32.4. The van der Waals surface area contributed by atoms with Crippen LogP contribution in [0.1, 0.15) is 44.3 Å². The Morgan fingerprint density at radius 2 is 2.00 bits per heavy atom. The Hall–Kier alpha value is -3.55. The normalized spacial score (nSPS) is 19.4. The molecular formula is C29H36ClFN6O5S. The molecule has 2 atom stereocenters. The van der Waals surface area contributed by atoms with Crippen molar-refractivity contribution in [3.05, 3.63) is 62.5 Å². The SMILES string of the molecule is CCOC(=O)C1=C(CN2CCN(C(=O)N(C)C(C)(C)C)CC2C(=O)OC)NC(c2nccs2)=NC1c1cccc(F)c1Cl. The summed E-state index contributed by atoms with van der Waals surface area (Å²) in [6, 6.07) is 2.28. The highest BCUT2D eigenvalue weighted by Gasteiger charge is 2.40. The van der Waals surface area contributed by atoms with Crippen molar-refractivity contribution in [3.63, 3.8) is 0 Å². The lowest BCUT2D eigenvalue weighted by molar-refractivity contribution is -0.148. The molecule has 0 bridgehead atoms. The number of carbonyl (C=O) groups excluding carboxylic acids is 3. The third kappa shape index (κ3) is 7.00. The van der Waals surface area contributed by atoms with E-state index in [1.54, 1.807) is 41.4 Å². The average molecular weight is 635 g/mol. The van der Waals surface area contributed by atoms with E-state index in [0.29, 0.717) is 29.6 Å². The molecule has 0 aliphatic carbocycles. The molecule has 1 aromatic carbocycles. The van der Waals surface area contributed by atoms with Crippen LogP contribution in [0.3, 0.4) is 0 Å². The van der Waals surface area contributed by atoms with Crippen molar-refractivity contribution in [2.24, 2.45) is 4.99 Å². The number of benzene rings is 1. The maximum absolute atomic E-state index is 14.6. The molecule has 0 radical (unpaired) electrons. The minimum Gasteiger partial charge on any atom is -0.468 e. The van der Waals surface area contributed by atoms with Gasteiger partial charge in [0.1, 0.15) is 17.9 Å². The molecule has 2 aliphatic heterocycles. The van der Waals surface area contributed by atoms with Gasteiger partial charge in [0.25, 0.3) is 0 Å². The summed E-state index contributed by atoms with van der Waals surface area (Å²) >= 11 is 7.74. The van der Waals surface area contributed by atoms with Gasteiger partial charge >= 0.3 is 18.0 Å². The predicted octanol–water partition coefficient (Wildman–Crippen LogP) is 3.85. The summed E-state index contributed by atoms with van der Waals surface area (Å²) in [7, 11) is 3.02. The van der Waals surface area contributed by atoms with Crippen molar-refractivity contribution < 1.29 is 28.2 Å². The fraction of sp³-hybridized carbons (Fsp3) is 0.483. The number of esters is 2. The van der Waals surface area contributed by atoms with E-state index < -0.39 is 35.4 Å². The Morgan fingerprint density at radius 1 is 1.26 bits per heavy atom. The number of halogens is 2. The smallest absolute Gasteiger partial charge is 0.338 e. The molecule has 232 valence electrons. The summed E-state index contributed by atoms with van der Waals surface area (Å²) in [6.45, 7) is 8.36. The van der Waals surface area contributed by atoms with Gasteiger partial charge in [-0.2, -0.15) is 0 Å². The third-order valence-corrected chi connectivity index (χ3v) is 8.60. The van der Waals surface area contributed by atoms with Crippen molar-refractivity contribution in [1.82, 2.24) is 25.0 Å². The molecule has 2 unspecified atom stereocenters. The fourth-order valence-corrected chi connectivity index (χ4v) is 5.64. The number of carbonyl (C=O) groups is 3. The Bertz CT molecular complexity index is 1430. The number of hydrogen-bond acceptors (Lipinski definition) is 10. The van der Waals surface area contributed by atoms with E-state index >= 15 is 0 Å². The number of hydrogen-bond donors (Lipinski definition) is 1. The van der Waals surface area contributed by atoms with Gasteiger partial charge in [-0.3, -0.25) is 14.7 Å². The van der Waals surface area contributed by atoms with Crippen LogP contribution >= 0.6 is 22.9 Å². The molecule has 2 aliphatic rings. The number of aromatic nitrogens is 1. The molecule has 1 fully saturated rings. The van der Waals surface area contributed by atoms with Crippen LogP contribution in [-0.4, -0.2) is 102 Å². The number of nitrogens with zero attached hydrogens (tertiary/aromatic N) is 5. The molecule has 14 heteroatoms. The minimum absolute atomic E-state index is 0.0683. The van der Waals surface area contributed by atoms with Crippen molar-refractivity contribution in [1.29, 1.82) is 0 Å². The monoisotopic (exact) mass is 634 g/mol. The van der Waals surface area contributed by atoms with E-state index in [4.69, 9.17) is 26.1 Å². The van der Waals surface area contributed by atoms with E-state index in [2.05, 4.69) is 10.3 Å². The van der Waals surface area contributed by atoms with Gasteiger partial charge < -0.3 is 24.6 Å². The van der Waals surface area contributed by atoms with Gasteiger partial charge in [0.05, 0.1) is 24.3 Å². The lowest BCUT2D eigenvalue weighted by Gasteiger charge is -2.43. The Kier molecular flexibility index (Phi) is 10.1. The first-order valence-electron chi connectivity index (χ1n) is 13.8. The maximum atomic E-state index is 14.6. The number of aliphatic imine (C=N–C) groups is 1. The first-order valence-corrected chi connectivity index (χ1v) is 15.1. The highest BCUT2D eigenvalue weighted by Crippen LogP contribution is 2.37. The average Bonchev–Trinajstić information content (AvgIpc) is 3.52. The molecule has 1 saturated heterocycles. The second-order valence-corrected chi connectivity index (χ2v) is 12.3. The topological polar surface area (TPSA) is 117 Å². The number of nitrogens with one attached hydrogen (secondary N) is 1. The van der Waals surface area contributed by atoms with E-state index in [1.165, 1.54) is 30.6 Å². The fourth-order valence-electron chi connectivity index (χ4n) is 4.82. The lowest BCUT2D eigenvalue weighted by atomic mass is 9.94. The Balaban J connectivity index is 1.76. The second-order valence-electron chi connectivity index (χ2n) is 11.1. The van der Waals surface area contributed by atoms with Gasteiger partial charge in [-0.1, -0.05) is 23.7 Å². The maximum Gasteiger partial charge on any atom is 0.338 e. The van der Waals surface area contributed by atoms with Crippen LogP contribution in [0.25, 0.3) is 0 Å². The van der Waals surface area contributed by atoms with Crippen molar-refractivity contribution in [2.45, 2.75) is 45.3 Å². The number of thiazole rings is 1. The summed E-state index contributed by atoms with van der Waals surface area (Å²) in [5.74, 6) is -1.48. The van der Waals surface area contributed by atoms with Gasteiger partial charge in [0.2, 0.25) is 0 Å². The van der Waals surface area contributed by atoms with Crippen LogP contribution in [0.2, 0.25) is 5.02 Å². The number of piperazine rings is 1. The van der Waals surface area contributed by atoms with Gasteiger partial charge in [-0.15, -0.1) is 11.3 Å². The van der Waals surface area contributed by atoms with Crippen LogP contribution in [0.4, 0.5) is 9.18 Å². The Labute approximate surface area is 259 Å². The number of urea groups is 1. The summed E-state index contributed by atoms with van der Waals surface area (Å²) < 4.78 is 25.2. The highest BCUT2D eigenvalue weighted by atomic mass is 35.5. The van der Waals surface area contributed by atoms with Crippen LogP contribution in [0, 0.1) is 5.82 Å². The molecule has 0 spiro atoms. The zero-order valence-corrected chi connectivity index (χ0v) is 26.6. The van der Waals surface area contributed by atoms with Crippen LogP contribution in [0.15, 0.2) is 46.0 Å². The molecule has 2 amide bonds. The van der Waals surface area contributed by atoms with Crippen LogP contribution in [-0.2, 0) is 19.1 Å². The van der Waals surface area contributed by atoms with Crippen molar-refractivity contribution in [2.75, 3.05) is 46.9 Å². The van der Waals surface area contributed by atoms with Crippen molar-refractivity contribution in [3.8, 4) is 0 Å². The number of rotatable bonds is 7. The summed E-state index contributed by atoms with van der Waals surface area (Å²) in [5.41, 5.74) is 0.385. The van der Waals surface area contributed by atoms with Crippen LogP contribution in [0.5, 0.6) is 0 Å². The molecule has 11 nitrogen and oxygen atoms in total. The number of amidine groups is 1. The Morgan fingerprint density at radius 3 is 2.63 bits per heavy atom. The highest BCUT2D eigenvalue weighted by molar-refractivity contribution is 7.11. The molecule has 43 heavy (non-hydrogen) atoms. The predicted molar refractivity (Wildman–Crippen MR) is 161 cm³/mol. The second kappa shape index (κ2) is 13.4. The number of amides is 2. The third-order valence-electron chi connectivity index (χ3n) is 7.42. The lowest BCUT2D eigenvalue weighted by Crippen LogP contribution is -2.61. The summed E-state index contributed by atoms with van der Waals surface area (Å²) in [6.07, 6.45) is 1.62. The van der Waals surface area contributed by atoms with E-state index in [0.717, 1.165) is 0 Å². The minimum atomic E-state index is -1.02. The molecular weight excluding hydrogens is 599 g/mol. The standard InChI is InChI=1S/C29H36ClFN6O5S/c1-7-42-27(39)21-19(15-36-12-13-37(16-20(36)26(38)41-6)28(40)35(5)29(2,3)4)33-24(25-32-11-14-43-25)34-23(21)17-9-8-10-18(31)22(17)30/h8-11,14,20,23H,7,12-13,15-16H2,1-6H3,(H,33,34). The number of methoxy groups -OCH3 is 1. The molecule has 3 heterocycles.